The molecule has 0 aromatic heterocycles. The highest BCUT2D eigenvalue weighted by atomic mass is 14.8. The first kappa shape index (κ1) is 12.8. The number of hydrogen-bond acceptors (Lipinski definition) is 1. The Balaban J connectivity index is 1.98. The van der Waals surface area contributed by atoms with Crippen LogP contribution in [-0.4, -0.2) is 13.1 Å². The second-order valence-electron chi connectivity index (χ2n) is 5.44. The third-order valence-corrected chi connectivity index (χ3v) is 3.20. The van der Waals surface area contributed by atoms with E-state index in [1.54, 1.807) is 5.57 Å². The summed E-state index contributed by atoms with van der Waals surface area (Å²) in [6.07, 6.45) is 9.38. The van der Waals surface area contributed by atoms with Gasteiger partial charge in [-0.25, -0.2) is 0 Å². The second kappa shape index (κ2) is 7.05. The molecule has 0 heterocycles. The fourth-order valence-corrected chi connectivity index (χ4v) is 2.05. The number of hydrogen-bond donors (Lipinski definition) is 1. The van der Waals surface area contributed by atoms with Crippen molar-refractivity contribution in [3.05, 3.63) is 11.6 Å². The molecule has 0 aromatic carbocycles. The maximum absolute atomic E-state index is 3.48. The van der Waals surface area contributed by atoms with E-state index in [-0.39, 0.29) is 0 Å². The van der Waals surface area contributed by atoms with Crippen LogP contribution in [0.1, 0.15) is 52.9 Å². The molecule has 0 atom stereocenters. The first-order chi connectivity index (χ1) is 7.18. The smallest absolute Gasteiger partial charge is 0.00141 e. The van der Waals surface area contributed by atoms with Crippen LogP contribution in [0, 0.1) is 11.8 Å². The van der Waals surface area contributed by atoms with Crippen LogP contribution in [0.25, 0.3) is 0 Å². The number of nitrogens with one attached hydrogen (secondary N) is 1. The Kier molecular flexibility index (Phi) is 6.00. The molecule has 1 heteroatoms. The van der Waals surface area contributed by atoms with Gasteiger partial charge in [0.25, 0.3) is 0 Å². The zero-order valence-corrected chi connectivity index (χ0v) is 10.7. The Bertz CT molecular complexity index is 190. The molecule has 1 aliphatic rings. The van der Waals surface area contributed by atoms with Crippen LogP contribution in [0.3, 0.4) is 0 Å². The maximum atomic E-state index is 3.48. The lowest BCUT2D eigenvalue weighted by Gasteiger charge is -2.25. The van der Waals surface area contributed by atoms with Crippen molar-refractivity contribution in [1.82, 2.24) is 5.32 Å². The summed E-state index contributed by atoms with van der Waals surface area (Å²) < 4.78 is 0. The lowest BCUT2D eigenvalue weighted by Crippen LogP contribution is -2.20. The molecule has 0 saturated heterocycles. The monoisotopic (exact) mass is 209 g/mol. The van der Waals surface area contributed by atoms with E-state index < -0.39 is 0 Å². The molecule has 0 bridgehead atoms. The average Bonchev–Trinajstić information content (AvgIpc) is 2.10. The second-order valence-corrected chi connectivity index (χ2v) is 5.44. The van der Waals surface area contributed by atoms with Gasteiger partial charge in [0.1, 0.15) is 0 Å². The summed E-state index contributed by atoms with van der Waals surface area (Å²) in [6, 6.07) is 0. The van der Waals surface area contributed by atoms with Crippen LogP contribution in [0.15, 0.2) is 11.6 Å². The highest BCUT2D eigenvalue weighted by molar-refractivity contribution is 5.00. The lowest BCUT2D eigenvalue weighted by molar-refractivity contribution is 0.313. The maximum Gasteiger partial charge on any atom is -0.00141 e. The standard InChI is InChI=1S/C14H27N/c1-12(2)11-15-9-5-6-13(3)10-14-7-4-8-14/h6,12,14-15H,4-5,7-11H2,1-3H3. The third-order valence-electron chi connectivity index (χ3n) is 3.20. The van der Waals surface area contributed by atoms with Crippen molar-refractivity contribution < 1.29 is 0 Å². The Morgan fingerprint density at radius 1 is 1.40 bits per heavy atom. The summed E-state index contributed by atoms with van der Waals surface area (Å²) >= 11 is 0. The molecule has 1 aliphatic carbocycles. The molecular weight excluding hydrogens is 182 g/mol. The van der Waals surface area contributed by atoms with Crippen LogP contribution in [-0.2, 0) is 0 Å². The first-order valence-corrected chi connectivity index (χ1v) is 6.55. The zero-order chi connectivity index (χ0) is 11.1. The molecule has 1 saturated carbocycles. The van der Waals surface area contributed by atoms with E-state index in [2.05, 4.69) is 32.2 Å². The summed E-state index contributed by atoms with van der Waals surface area (Å²) in [5, 5.41) is 3.48. The minimum absolute atomic E-state index is 0.769. The number of rotatable bonds is 7. The predicted octanol–water partition coefficient (Wildman–Crippen LogP) is 3.76. The summed E-state index contributed by atoms with van der Waals surface area (Å²) in [5.41, 5.74) is 1.60. The topological polar surface area (TPSA) is 12.0 Å². The van der Waals surface area contributed by atoms with Gasteiger partial charge in [-0.1, -0.05) is 44.8 Å². The molecule has 0 radical (unpaired) electrons. The van der Waals surface area contributed by atoms with Gasteiger partial charge in [0.15, 0.2) is 0 Å². The third kappa shape index (κ3) is 5.99. The minimum Gasteiger partial charge on any atom is -0.316 e. The van der Waals surface area contributed by atoms with Gasteiger partial charge in [-0.3, -0.25) is 0 Å². The molecule has 0 spiro atoms. The van der Waals surface area contributed by atoms with Crippen LogP contribution >= 0.6 is 0 Å². The fourth-order valence-electron chi connectivity index (χ4n) is 2.05. The molecule has 1 nitrogen and oxygen atoms in total. The van der Waals surface area contributed by atoms with Crippen molar-refractivity contribution in [3.63, 3.8) is 0 Å². The van der Waals surface area contributed by atoms with Gasteiger partial charge < -0.3 is 5.32 Å². The van der Waals surface area contributed by atoms with Crippen LogP contribution in [0.5, 0.6) is 0 Å². The average molecular weight is 209 g/mol. The SMILES string of the molecule is CC(=CCCNCC(C)C)CC1CCC1. The van der Waals surface area contributed by atoms with E-state index in [1.165, 1.54) is 32.1 Å². The molecule has 0 amide bonds. The molecule has 0 aromatic rings. The Hall–Kier alpha value is -0.300. The summed E-state index contributed by atoms with van der Waals surface area (Å²) in [7, 11) is 0. The Labute approximate surface area is 95.3 Å². The highest BCUT2D eigenvalue weighted by Crippen LogP contribution is 2.31. The van der Waals surface area contributed by atoms with Crippen molar-refractivity contribution in [2.75, 3.05) is 13.1 Å². The Morgan fingerprint density at radius 2 is 2.13 bits per heavy atom. The molecule has 1 N–H and O–H groups in total. The summed E-state index contributed by atoms with van der Waals surface area (Å²) in [5.74, 6) is 1.79. The van der Waals surface area contributed by atoms with E-state index >= 15 is 0 Å². The van der Waals surface area contributed by atoms with Crippen molar-refractivity contribution in [3.8, 4) is 0 Å². The molecule has 1 fully saturated rings. The molecule has 88 valence electrons. The van der Waals surface area contributed by atoms with E-state index in [0.717, 1.165) is 24.9 Å². The van der Waals surface area contributed by atoms with Gasteiger partial charge in [0.2, 0.25) is 0 Å². The molecular formula is C14H27N. The predicted molar refractivity (Wildman–Crippen MR) is 68.0 cm³/mol. The molecule has 1 rings (SSSR count). The van der Waals surface area contributed by atoms with Crippen LogP contribution < -0.4 is 5.32 Å². The quantitative estimate of drug-likeness (QED) is 0.497. The minimum atomic E-state index is 0.769. The van der Waals surface area contributed by atoms with Gasteiger partial charge in [0, 0.05) is 0 Å². The molecule has 0 aliphatic heterocycles. The van der Waals surface area contributed by atoms with Crippen molar-refractivity contribution in [2.45, 2.75) is 52.9 Å². The number of allylic oxidation sites excluding steroid dienone is 1. The van der Waals surface area contributed by atoms with Crippen molar-refractivity contribution in [2.24, 2.45) is 11.8 Å². The summed E-state index contributed by atoms with van der Waals surface area (Å²) in [4.78, 5) is 0. The van der Waals surface area contributed by atoms with Crippen LogP contribution in [0.2, 0.25) is 0 Å². The van der Waals surface area contributed by atoms with Gasteiger partial charge >= 0.3 is 0 Å². The van der Waals surface area contributed by atoms with E-state index in [1.807, 2.05) is 0 Å². The largest absolute Gasteiger partial charge is 0.316 e. The summed E-state index contributed by atoms with van der Waals surface area (Å²) in [6.45, 7) is 9.09. The van der Waals surface area contributed by atoms with Gasteiger partial charge in [-0.2, -0.15) is 0 Å². The molecule has 0 unspecified atom stereocenters. The lowest BCUT2D eigenvalue weighted by atomic mass is 9.81. The van der Waals surface area contributed by atoms with Gasteiger partial charge in [-0.15, -0.1) is 0 Å². The van der Waals surface area contributed by atoms with Crippen molar-refractivity contribution in [1.29, 1.82) is 0 Å². The first-order valence-electron chi connectivity index (χ1n) is 6.55. The van der Waals surface area contributed by atoms with E-state index in [9.17, 15) is 0 Å². The normalized spacial score (nSPS) is 18.3. The molecule has 15 heavy (non-hydrogen) atoms. The van der Waals surface area contributed by atoms with E-state index in [4.69, 9.17) is 0 Å². The zero-order valence-electron chi connectivity index (χ0n) is 10.7. The van der Waals surface area contributed by atoms with Crippen LogP contribution in [0.4, 0.5) is 0 Å². The van der Waals surface area contributed by atoms with Gasteiger partial charge in [0.05, 0.1) is 0 Å². The fraction of sp³-hybridized carbons (Fsp3) is 0.857. The van der Waals surface area contributed by atoms with E-state index in [0.29, 0.717) is 0 Å². The highest BCUT2D eigenvalue weighted by Gasteiger charge is 2.16. The van der Waals surface area contributed by atoms with Crippen molar-refractivity contribution >= 4 is 0 Å². The van der Waals surface area contributed by atoms with Gasteiger partial charge in [-0.05, 0) is 44.7 Å². The Morgan fingerprint density at radius 3 is 2.67 bits per heavy atom.